The van der Waals surface area contributed by atoms with E-state index in [4.69, 9.17) is 5.73 Å². The highest BCUT2D eigenvalue weighted by atomic mass is 16.2. The molecule has 0 bridgehead atoms. The summed E-state index contributed by atoms with van der Waals surface area (Å²) in [5.41, 5.74) is 5.09. The number of nitrogens with zero attached hydrogens (tertiary/aromatic N) is 2. The molecule has 0 radical (unpaired) electrons. The van der Waals surface area contributed by atoms with E-state index < -0.39 is 11.6 Å². The Morgan fingerprint density at radius 2 is 1.91 bits per heavy atom. The predicted molar refractivity (Wildman–Crippen MR) is 84.3 cm³/mol. The van der Waals surface area contributed by atoms with E-state index in [0.717, 1.165) is 30.6 Å². The molecule has 3 rings (SSSR count). The van der Waals surface area contributed by atoms with Crippen LogP contribution in [0.1, 0.15) is 39.5 Å². The number of piperidine rings is 1. The molecule has 1 aliphatic carbocycles. The van der Waals surface area contributed by atoms with Gasteiger partial charge < -0.3 is 16.0 Å². The molecule has 3 N–H and O–H groups in total. The van der Waals surface area contributed by atoms with Crippen LogP contribution in [0.3, 0.4) is 0 Å². The van der Waals surface area contributed by atoms with Gasteiger partial charge in [0.2, 0.25) is 5.91 Å². The van der Waals surface area contributed by atoms with E-state index >= 15 is 0 Å². The highest BCUT2D eigenvalue weighted by Crippen LogP contribution is 2.42. The normalized spacial score (nSPS) is 30.6. The Labute approximate surface area is 136 Å². The molecule has 3 fully saturated rings. The van der Waals surface area contributed by atoms with E-state index in [-0.39, 0.29) is 30.3 Å². The number of nitrogens with one attached hydrogen (secondary N) is 1. The molecule has 23 heavy (non-hydrogen) atoms. The fourth-order valence-electron chi connectivity index (χ4n) is 3.71. The first kappa shape index (κ1) is 16.2. The Bertz CT molecular complexity index is 523. The van der Waals surface area contributed by atoms with Gasteiger partial charge in [-0.05, 0) is 51.4 Å². The average molecular weight is 322 g/mol. The first-order valence-corrected chi connectivity index (χ1v) is 8.50. The molecule has 7 nitrogen and oxygen atoms in total. The van der Waals surface area contributed by atoms with Gasteiger partial charge in [0.05, 0.1) is 0 Å². The van der Waals surface area contributed by atoms with Crippen molar-refractivity contribution in [3.05, 3.63) is 0 Å². The monoisotopic (exact) mass is 322 g/mol. The lowest BCUT2D eigenvalue weighted by atomic mass is 9.91. The molecule has 2 saturated heterocycles. The van der Waals surface area contributed by atoms with Gasteiger partial charge in [0.15, 0.2) is 0 Å². The first-order chi connectivity index (χ1) is 10.8. The maximum Gasteiger partial charge on any atom is 0.325 e. The highest BCUT2D eigenvalue weighted by Gasteiger charge is 2.56. The van der Waals surface area contributed by atoms with Crippen molar-refractivity contribution in [1.29, 1.82) is 0 Å². The first-order valence-electron chi connectivity index (χ1n) is 8.50. The van der Waals surface area contributed by atoms with Crippen molar-refractivity contribution in [2.45, 2.75) is 51.1 Å². The Kier molecular flexibility index (Phi) is 4.08. The van der Waals surface area contributed by atoms with Crippen molar-refractivity contribution >= 4 is 17.8 Å². The fraction of sp³-hybridized carbons (Fsp3) is 0.812. The minimum atomic E-state index is -0.820. The number of urea groups is 1. The number of hydrogen-bond acceptors (Lipinski definition) is 4. The van der Waals surface area contributed by atoms with Gasteiger partial charge >= 0.3 is 6.03 Å². The minimum Gasteiger partial charge on any atom is -0.341 e. The summed E-state index contributed by atoms with van der Waals surface area (Å²) in [6.45, 7) is 4.90. The molecule has 0 aromatic heterocycles. The number of rotatable bonds is 4. The molecule has 1 saturated carbocycles. The Hall–Kier alpha value is -1.63. The summed E-state index contributed by atoms with van der Waals surface area (Å²) in [7, 11) is 0. The zero-order chi connectivity index (χ0) is 16.8. The van der Waals surface area contributed by atoms with Gasteiger partial charge in [-0.2, -0.15) is 0 Å². The molecule has 0 spiro atoms. The van der Waals surface area contributed by atoms with Crippen molar-refractivity contribution in [3.8, 4) is 0 Å². The fourth-order valence-corrected chi connectivity index (χ4v) is 3.71. The molecular weight excluding hydrogens is 296 g/mol. The van der Waals surface area contributed by atoms with Crippen LogP contribution in [0.5, 0.6) is 0 Å². The van der Waals surface area contributed by atoms with Gasteiger partial charge in [0.25, 0.3) is 5.91 Å². The van der Waals surface area contributed by atoms with Gasteiger partial charge in [-0.3, -0.25) is 14.5 Å². The van der Waals surface area contributed by atoms with Crippen molar-refractivity contribution in [3.63, 3.8) is 0 Å². The van der Waals surface area contributed by atoms with Crippen LogP contribution in [-0.4, -0.2) is 58.9 Å². The van der Waals surface area contributed by atoms with Crippen LogP contribution in [0.25, 0.3) is 0 Å². The number of imide groups is 1. The quantitative estimate of drug-likeness (QED) is 0.727. The van der Waals surface area contributed by atoms with Crippen molar-refractivity contribution in [2.24, 2.45) is 17.6 Å². The van der Waals surface area contributed by atoms with Crippen molar-refractivity contribution < 1.29 is 14.4 Å². The van der Waals surface area contributed by atoms with Crippen LogP contribution in [0, 0.1) is 11.8 Å². The maximum absolute atomic E-state index is 12.5. The predicted octanol–water partition coefficient (Wildman–Crippen LogP) is 0.293. The van der Waals surface area contributed by atoms with Crippen LogP contribution in [0.2, 0.25) is 0 Å². The molecule has 2 heterocycles. The van der Waals surface area contributed by atoms with Crippen LogP contribution >= 0.6 is 0 Å². The molecule has 2 atom stereocenters. The maximum atomic E-state index is 12.5. The van der Waals surface area contributed by atoms with Crippen molar-refractivity contribution in [2.75, 3.05) is 19.6 Å². The van der Waals surface area contributed by atoms with E-state index in [1.54, 1.807) is 11.8 Å². The van der Waals surface area contributed by atoms with Gasteiger partial charge in [0.1, 0.15) is 12.1 Å². The van der Waals surface area contributed by atoms with E-state index in [0.29, 0.717) is 19.0 Å². The zero-order valence-corrected chi connectivity index (χ0v) is 13.9. The molecule has 2 unspecified atom stereocenters. The van der Waals surface area contributed by atoms with Gasteiger partial charge in [-0.1, -0.05) is 0 Å². The van der Waals surface area contributed by atoms with E-state index in [1.807, 2.05) is 6.92 Å². The number of likely N-dealkylation sites (tertiary alicyclic amines) is 1. The lowest BCUT2D eigenvalue weighted by molar-refractivity contribution is -0.139. The van der Waals surface area contributed by atoms with E-state index in [1.165, 1.54) is 0 Å². The summed E-state index contributed by atoms with van der Waals surface area (Å²) in [5, 5.41) is 2.77. The number of carbonyl (C=O) groups excluding carboxylic acids is 3. The summed E-state index contributed by atoms with van der Waals surface area (Å²) in [6, 6.07) is -0.305. The van der Waals surface area contributed by atoms with Crippen LogP contribution in [0.15, 0.2) is 0 Å². The smallest absolute Gasteiger partial charge is 0.325 e. The minimum absolute atomic E-state index is 0.137. The Balaban J connectivity index is 1.58. The second-order valence-corrected chi connectivity index (χ2v) is 7.38. The Morgan fingerprint density at radius 3 is 2.43 bits per heavy atom. The number of carbonyl (C=O) groups is 3. The molecule has 0 aromatic carbocycles. The van der Waals surface area contributed by atoms with E-state index in [9.17, 15) is 14.4 Å². The lowest BCUT2D eigenvalue weighted by Crippen LogP contribution is -2.49. The number of amides is 4. The molecule has 0 aromatic rings. The van der Waals surface area contributed by atoms with Gasteiger partial charge in [0, 0.05) is 19.1 Å². The highest BCUT2D eigenvalue weighted by molar-refractivity contribution is 6.09. The van der Waals surface area contributed by atoms with E-state index in [2.05, 4.69) is 5.32 Å². The van der Waals surface area contributed by atoms with Crippen LogP contribution in [-0.2, 0) is 9.59 Å². The van der Waals surface area contributed by atoms with Crippen molar-refractivity contribution in [1.82, 2.24) is 15.1 Å². The van der Waals surface area contributed by atoms with Gasteiger partial charge in [-0.15, -0.1) is 0 Å². The number of nitrogens with two attached hydrogens (primary N) is 1. The molecule has 7 heteroatoms. The zero-order valence-electron chi connectivity index (χ0n) is 13.9. The standard InChI is InChI=1S/C16H26N4O3/c1-10(17)11-5-7-19(8-6-11)13(21)9-20-14(22)16(2,12-3-4-12)18-15(20)23/h10-12H,3-9,17H2,1-2H3,(H,18,23). The number of hydrogen-bond donors (Lipinski definition) is 2. The average Bonchev–Trinajstić information content (AvgIpc) is 3.33. The lowest BCUT2D eigenvalue weighted by Gasteiger charge is -2.34. The largest absolute Gasteiger partial charge is 0.341 e. The third-order valence-corrected chi connectivity index (χ3v) is 5.62. The second kappa shape index (κ2) is 5.78. The summed E-state index contributed by atoms with van der Waals surface area (Å²) in [4.78, 5) is 39.9. The molecule has 3 aliphatic rings. The summed E-state index contributed by atoms with van der Waals surface area (Å²) in [6.07, 6.45) is 3.66. The van der Waals surface area contributed by atoms with Crippen LogP contribution < -0.4 is 11.1 Å². The topological polar surface area (TPSA) is 95.7 Å². The molecule has 128 valence electrons. The van der Waals surface area contributed by atoms with Crippen LogP contribution in [0.4, 0.5) is 4.79 Å². The molecule has 4 amide bonds. The third-order valence-electron chi connectivity index (χ3n) is 5.62. The SMILES string of the molecule is CC(N)C1CCN(C(=O)CN2C(=O)NC(C)(C3CC3)C2=O)CC1. The Morgan fingerprint density at radius 1 is 1.30 bits per heavy atom. The summed E-state index contributed by atoms with van der Waals surface area (Å²) < 4.78 is 0. The van der Waals surface area contributed by atoms with Gasteiger partial charge in [-0.25, -0.2) is 4.79 Å². The second-order valence-electron chi connectivity index (χ2n) is 7.38. The molecular formula is C16H26N4O3. The summed E-state index contributed by atoms with van der Waals surface area (Å²) in [5.74, 6) is 0.232. The summed E-state index contributed by atoms with van der Waals surface area (Å²) >= 11 is 0. The molecule has 2 aliphatic heterocycles. The third kappa shape index (κ3) is 2.94.